The number of carbonyl (C=O) groups excluding carboxylic acids is 4. The second kappa shape index (κ2) is 10.5. The quantitative estimate of drug-likeness (QED) is 0.263. The Labute approximate surface area is 382 Å². The predicted octanol–water partition coefficient (Wildman–Crippen LogP) is 5.88. The fourth-order valence-corrected chi connectivity index (χ4v) is 18.4. The first-order chi connectivity index (χ1) is 31.1. The number of aromatic nitrogens is 1. The predicted molar refractivity (Wildman–Crippen MR) is 242 cm³/mol. The highest BCUT2D eigenvalue weighted by atomic mass is 16.5. The fraction of sp³-hybridized carbons (Fsp3) is 0.577. The van der Waals surface area contributed by atoms with Crippen molar-refractivity contribution in [3.63, 3.8) is 0 Å². The molecule has 1 unspecified atom stereocenters. The van der Waals surface area contributed by atoms with E-state index in [-0.39, 0.29) is 23.6 Å². The van der Waals surface area contributed by atoms with E-state index in [0.29, 0.717) is 108 Å². The van der Waals surface area contributed by atoms with Crippen LogP contribution in [0.15, 0.2) is 36.4 Å². The molecular weight excluding hydrogens is 837 g/mol. The van der Waals surface area contributed by atoms with Crippen molar-refractivity contribution >= 4 is 52.4 Å². The van der Waals surface area contributed by atoms with Gasteiger partial charge < -0.3 is 45.0 Å². The Hall–Kier alpha value is -5.50. The molecule has 4 amide bonds. The number of fused-ring (bicyclic) bond motifs is 10. The second-order valence-corrected chi connectivity index (χ2v) is 24.5. The lowest BCUT2D eigenvalue weighted by Gasteiger charge is -2.73. The minimum Gasteiger partial charge on any atom is -0.758 e. The number of amides is 4. The van der Waals surface area contributed by atoms with Crippen LogP contribution in [-0.4, -0.2) is 107 Å². The lowest BCUT2D eigenvalue weighted by Crippen LogP contribution is -2.93. The number of rotatable bonds is 0. The van der Waals surface area contributed by atoms with E-state index in [1.165, 1.54) is 9.79 Å². The summed E-state index contributed by atoms with van der Waals surface area (Å²) in [5.74, 6) is -1.76. The van der Waals surface area contributed by atoms with Crippen molar-refractivity contribution in [1.82, 2.24) is 24.7 Å². The summed E-state index contributed by atoms with van der Waals surface area (Å²) in [5.41, 5.74) is -6.16. The first-order valence-corrected chi connectivity index (χ1v) is 24.2. The van der Waals surface area contributed by atoms with Gasteiger partial charge in [-0.15, -0.1) is 0 Å². The molecule has 10 atom stereocenters. The van der Waals surface area contributed by atoms with Gasteiger partial charge in [-0.1, -0.05) is 33.8 Å². The van der Waals surface area contributed by atoms with E-state index < -0.39 is 79.4 Å². The lowest BCUT2D eigenvalue weighted by atomic mass is 9.38. The van der Waals surface area contributed by atoms with Crippen molar-refractivity contribution in [3.8, 4) is 11.5 Å². The molecule has 3 aromatic rings. The minimum absolute atomic E-state index is 0.163. The lowest BCUT2D eigenvalue weighted by molar-refractivity contribution is -0.217. The van der Waals surface area contributed by atoms with Crippen LogP contribution in [0.4, 0.5) is 5.69 Å². The molecule has 2 aliphatic carbocycles. The van der Waals surface area contributed by atoms with Crippen LogP contribution in [0, 0.1) is 22.5 Å². The monoisotopic (exact) mass is 891 g/mol. The van der Waals surface area contributed by atoms with E-state index in [4.69, 9.17) is 9.47 Å². The summed E-state index contributed by atoms with van der Waals surface area (Å²) < 4.78 is 14.5. The summed E-state index contributed by atoms with van der Waals surface area (Å²) >= 11 is 0. The van der Waals surface area contributed by atoms with Crippen LogP contribution < -0.4 is 19.9 Å². The van der Waals surface area contributed by atoms with Crippen LogP contribution in [0.25, 0.3) is 23.1 Å². The van der Waals surface area contributed by atoms with Crippen LogP contribution in [0.3, 0.4) is 0 Å². The van der Waals surface area contributed by atoms with Gasteiger partial charge in [-0.25, -0.2) is 0 Å². The standard InChI is InChI=1S/C52H55N6O8/c1-44(2)19-15-25-29(65-44)13-11-27-33-36-50-28-12-14-30-26(16-20-45(3,4)66-30)35(28)58(64)38(50)47(7,8)31-23-48-17-9-21-54(48)42(61)51(31,53-40(48)59)39(50)56-41(60)49-18-10-22-55(49)43(62)52(36,56)32(24-49)46(5,6)37(33)57(63)34(25)27/h11-16,19-20,31-32,36,38-39,63H,9-10,17-18,21-24H2,1-8H3,(H,53,59)/q-1/t31-,32-,36+,38?,39-,48+,49-,50-,51-,52+/m0/s1. The number of ether oxygens (including phenoxy) is 2. The summed E-state index contributed by atoms with van der Waals surface area (Å²) in [4.78, 5) is 70.5. The molecule has 1 saturated carbocycles. The van der Waals surface area contributed by atoms with E-state index in [9.17, 15) is 5.21 Å². The highest BCUT2D eigenvalue weighted by Crippen LogP contribution is 2.82. The molecule has 2 aromatic carbocycles. The first kappa shape index (κ1) is 38.6. The highest BCUT2D eigenvalue weighted by molar-refractivity contribution is 6.12. The van der Waals surface area contributed by atoms with E-state index in [1.807, 2.05) is 91.0 Å². The Bertz CT molecular complexity index is 3060. The van der Waals surface area contributed by atoms with Crippen LogP contribution in [-0.2, 0) is 30.0 Å². The molecule has 14 aliphatic rings. The van der Waals surface area contributed by atoms with Crippen molar-refractivity contribution in [2.75, 3.05) is 18.2 Å². The van der Waals surface area contributed by atoms with E-state index in [0.717, 1.165) is 0 Å². The first-order valence-electron chi connectivity index (χ1n) is 24.2. The molecule has 4 bridgehead atoms. The Kier molecular flexibility index (Phi) is 6.12. The molecule has 12 aliphatic heterocycles. The smallest absolute Gasteiger partial charge is 0.251 e. The largest absolute Gasteiger partial charge is 0.758 e. The third-order valence-electron chi connectivity index (χ3n) is 20.3. The van der Waals surface area contributed by atoms with Gasteiger partial charge >= 0.3 is 0 Å². The molecule has 66 heavy (non-hydrogen) atoms. The molecule has 10 fully saturated rings. The van der Waals surface area contributed by atoms with Crippen LogP contribution in [0.2, 0.25) is 0 Å². The topological polar surface area (TPSA) is 160 Å². The molecule has 5 spiro atoms. The summed E-state index contributed by atoms with van der Waals surface area (Å²) in [6.07, 6.45) is 10.9. The van der Waals surface area contributed by atoms with E-state index in [1.54, 1.807) is 0 Å². The van der Waals surface area contributed by atoms with Gasteiger partial charge in [0.05, 0.1) is 22.7 Å². The van der Waals surface area contributed by atoms with Gasteiger partial charge in [-0.05, 0) is 125 Å². The van der Waals surface area contributed by atoms with Gasteiger partial charge in [0.1, 0.15) is 44.9 Å². The number of anilines is 1. The Morgan fingerprint density at radius 2 is 1.36 bits per heavy atom. The Balaban J connectivity index is 1.16. The normalized spacial score (nSPS) is 41.6. The Morgan fingerprint density at radius 3 is 2.08 bits per heavy atom. The third kappa shape index (κ3) is 3.43. The fourth-order valence-electron chi connectivity index (χ4n) is 18.4. The zero-order chi connectivity index (χ0) is 45.8. The Morgan fingerprint density at radius 1 is 0.742 bits per heavy atom. The molecule has 342 valence electrons. The molecule has 14 heteroatoms. The molecular formula is C52H55N6O8-. The number of hydrogen-bond donors (Lipinski definition) is 2. The van der Waals surface area contributed by atoms with Crippen LogP contribution in [0.5, 0.6) is 11.5 Å². The van der Waals surface area contributed by atoms with Crippen molar-refractivity contribution in [2.24, 2.45) is 17.3 Å². The minimum atomic E-state index is -1.71. The zero-order valence-corrected chi connectivity index (χ0v) is 38.7. The number of nitrogens with one attached hydrogen (secondary N) is 1. The number of hydroxylamine groups is 1. The van der Waals surface area contributed by atoms with Gasteiger partial charge in [-0.2, -0.15) is 4.73 Å². The molecule has 2 N–H and O–H groups in total. The zero-order valence-electron chi connectivity index (χ0n) is 38.7. The van der Waals surface area contributed by atoms with E-state index >= 15 is 24.4 Å². The summed E-state index contributed by atoms with van der Waals surface area (Å²) in [7, 11) is 0. The van der Waals surface area contributed by atoms with Gasteiger partial charge in [-0.3, -0.25) is 19.2 Å². The maximum Gasteiger partial charge on any atom is 0.251 e. The maximum atomic E-state index is 16.8. The number of nitrogens with zero attached hydrogens (tertiary/aromatic N) is 5. The van der Waals surface area contributed by atoms with Crippen LogP contribution in [0.1, 0.15) is 128 Å². The molecule has 14 nitrogen and oxygen atoms in total. The van der Waals surface area contributed by atoms with Crippen LogP contribution >= 0.6 is 0 Å². The summed E-state index contributed by atoms with van der Waals surface area (Å²) in [5, 5.41) is 35.0. The number of carbonyl (C=O) groups is 4. The molecule has 17 rings (SSSR count). The second-order valence-electron chi connectivity index (χ2n) is 24.5. The number of piperidine rings is 4. The molecule has 13 heterocycles. The van der Waals surface area contributed by atoms with Crippen molar-refractivity contribution in [2.45, 2.75) is 156 Å². The SMILES string of the molecule is CC1(C)C=Cc2c(ccc3c2N([O-])C2C(C)(C)[C@@H]4C[C@@]56CCCN5C(=O)[C@@]4(NC6=O)[C@H]4N5C(=O)[C@@]67CCCN6C(=O)[C@@]56[C@H](c5c(n(O)c8c9c(ccc58)OC(C)(C)C=C9)C(C)(C)[C@@H]6C7)[C@@]324)O1. The number of benzene rings is 2. The maximum absolute atomic E-state index is 16.8. The van der Waals surface area contributed by atoms with E-state index in [2.05, 4.69) is 33.0 Å². The molecule has 9 saturated heterocycles. The van der Waals surface area contributed by atoms with Gasteiger partial charge in [0.2, 0.25) is 17.7 Å². The van der Waals surface area contributed by atoms with Gasteiger partial charge in [0.15, 0.2) is 0 Å². The third-order valence-corrected chi connectivity index (χ3v) is 20.3. The van der Waals surface area contributed by atoms with Gasteiger partial charge in [0.25, 0.3) is 5.91 Å². The molecule has 0 radical (unpaired) electrons. The average molecular weight is 892 g/mol. The van der Waals surface area contributed by atoms with Crippen molar-refractivity contribution < 1.29 is 33.9 Å². The van der Waals surface area contributed by atoms with Crippen molar-refractivity contribution in [1.29, 1.82) is 0 Å². The summed E-state index contributed by atoms with van der Waals surface area (Å²) in [6.45, 7) is 17.1. The van der Waals surface area contributed by atoms with Gasteiger partial charge in [0, 0.05) is 64.5 Å². The number of hydrogen-bond acceptors (Lipinski definition) is 9. The summed E-state index contributed by atoms with van der Waals surface area (Å²) in [6, 6.07) is 5.68. The molecule has 1 aromatic heterocycles. The van der Waals surface area contributed by atoms with Crippen molar-refractivity contribution in [3.05, 3.63) is 69.6 Å². The average Bonchev–Trinajstić information content (AvgIpc) is 4.05. The number of piperazine rings is 2. The highest BCUT2D eigenvalue weighted by Gasteiger charge is 2.94.